The number of rotatable bonds is 4. The highest BCUT2D eigenvalue weighted by Crippen LogP contribution is 2.65. The number of nitrogens with zero attached hydrogens (tertiary/aromatic N) is 1. The van der Waals surface area contributed by atoms with Crippen LogP contribution in [0.4, 0.5) is 17.1 Å². The van der Waals surface area contributed by atoms with Crippen LogP contribution in [-0.4, -0.2) is 0 Å². The molecule has 1 spiro atoms. The lowest BCUT2D eigenvalue weighted by Crippen LogP contribution is -2.26. The van der Waals surface area contributed by atoms with Crippen molar-refractivity contribution in [3.63, 3.8) is 0 Å². The number of hydrogen-bond acceptors (Lipinski definition) is 2. The second kappa shape index (κ2) is 13.1. The maximum atomic E-state index is 2.58. The van der Waals surface area contributed by atoms with Crippen LogP contribution in [0.1, 0.15) is 22.3 Å². The van der Waals surface area contributed by atoms with Gasteiger partial charge < -0.3 is 4.90 Å². The molecule has 2 aliphatic rings. The number of fused-ring (bicyclic) bond motifs is 19. The molecular weight excluding hydrogens is 779 g/mol. The molecule has 292 valence electrons. The van der Waals surface area contributed by atoms with Crippen LogP contribution in [0.15, 0.2) is 224 Å². The van der Waals surface area contributed by atoms with Gasteiger partial charge in [-0.1, -0.05) is 194 Å². The highest BCUT2D eigenvalue weighted by atomic mass is 32.1. The zero-order valence-electron chi connectivity index (χ0n) is 34.2. The molecule has 2 aliphatic carbocycles. The lowest BCUT2D eigenvalue weighted by molar-refractivity contribution is 0.794. The van der Waals surface area contributed by atoms with Gasteiger partial charge in [-0.2, -0.15) is 0 Å². The quantitative estimate of drug-likeness (QED) is 0.160. The predicted molar refractivity (Wildman–Crippen MR) is 268 cm³/mol. The summed E-state index contributed by atoms with van der Waals surface area (Å²) in [6, 6.07) is 84.2. The Hall–Kier alpha value is -7.78. The van der Waals surface area contributed by atoms with E-state index in [1.165, 1.54) is 114 Å². The van der Waals surface area contributed by atoms with Gasteiger partial charge in [0.1, 0.15) is 0 Å². The number of benzene rings is 11. The molecule has 11 aromatic carbocycles. The Labute approximate surface area is 369 Å². The summed E-state index contributed by atoms with van der Waals surface area (Å²) in [4.78, 5) is 2.58. The molecule has 1 aromatic heterocycles. The molecule has 14 rings (SSSR count). The lowest BCUT2D eigenvalue weighted by atomic mass is 9.70. The Kier molecular flexibility index (Phi) is 7.26. The van der Waals surface area contributed by atoms with Crippen LogP contribution >= 0.6 is 11.3 Å². The molecule has 0 saturated carbocycles. The zero-order valence-corrected chi connectivity index (χ0v) is 35.0. The van der Waals surface area contributed by atoms with E-state index >= 15 is 0 Å². The van der Waals surface area contributed by atoms with Crippen molar-refractivity contribution in [3.05, 3.63) is 247 Å². The van der Waals surface area contributed by atoms with E-state index in [0.717, 1.165) is 11.4 Å². The van der Waals surface area contributed by atoms with Gasteiger partial charge in [0.25, 0.3) is 0 Å². The Morgan fingerprint density at radius 2 is 0.762 bits per heavy atom. The average Bonchev–Trinajstić information content (AvgIpc) is 3.99. The Balaban J connectivity index is 1.11. The van der Waals surface area contributed by atoms with E-state index in [9.17, 15) is 0 Å². The van der Waals surface area contributed by atoms with Crippen LogP contribution in [0.3, 0.4) is 0 Å². The average molecular weight is 816 g/mol. The van der Waals surface area contributed by atoms with Gasteiger partial charge in [0, 0.05) is 42.6 Å². The minimum Gasteiger partial charge on any atom is -0.309 e. The van der Waals surface area contributed by atoms with Gasteiger partial charge in [-0.05, 0) is 102 Å². The fourth-order valence-electron chi connectivity index (χ4n) is 11.6. The molecular formula is C61H37NS. The second-order valence-electron chi connectivity index (χ2n) is 17.0. The second-order valence-corrected chi connectivity index (χ2v) is 18.1. The van der Waals surface area contributed by atoms with Crippen LogP contribution < -0.4 is 4.90 Å². The maximum Gasteiger partial charge on any atom is 0.0726 e. The van der Waals surface area contributed by atoms with Gasteiger partial charge in [-0.3, -0.25) is 0 Å². The standard InChI is InChI=1S/C61H37NS/c1-2-19-41-39(17-1)40-18-3-4-20-42(40)51-37-38(35-36-43(41)51)62(56-32-13-8-23-46(56)48-26-15-27-49-47-24-9-14-34-58(47)63-60(48)49)57-33-16-31-55-59(57)50-25-7-12-30-54(50)61(55)52-28-10-5-21-44(52)45-22-6-11-29-53(45)61/h1-37H. The number of anilines is 3. The molecule has 0 bridgehead atoms. The normalized spacial score (nSPS) is 13.2. The molecule has 0 radical (unpaired) electrons. The smallest absolute Gasteiger partial charge is 0.0726 e. The Morgan fingerprint density at radius 1 is 0.302 bits per heavy atom. The van der Waals surface area contributed by atoms with Crippen molar-refractivity contribution in [3.8, 4) is 33.4 Å². The Morgan fingerprint density at radius 3 is 1.46 bits per heavy atom. The molecule has 12 aromatic rings. The summed E-state index contributed by atoms with van der Waals surface area (Å²) in [5.74, 6) is 0. The van der Waals surface area contributed by atoms with E-state index in [1.807, 2.05) is 11.3 Å². The van der Waals surface area contributed by atoms with E-state index < -0.39 is 5.41 Å². The highest BCUT2D eigenvalue weighted by molar-refractivity contribution is 7.26. The van der Waals surface area contributed by atoms with Gasteiger partial charge in [0.05, 0.1) is 16.8 Å². The molecule has 0 N–H and O–H groups in total. The first kappa shape index (κ1) is 34.9. The third-order valence-electron chi connectivity index (χ3n) is 14.1. The van der Waals surface area contributed by atoms with Crippen molar-refractivity contribution >= 4 is 80.9 Å². The molecule has 1 heterocycles. The van der Waals surface area contributed by atoms with Crippen molar-refractivity contribution in [1.29, 1.82) is 0 Å². The molecule has 0 unspecified atom stereocenters. The molecule has 2 heteroatoms. The van der Waals surface area contributed by atoms with E-state index in [2.05, 4.69) is 229 Å². The van der Waals surface area contributed by atoms with E-state index in [0.29, 0.717) is 0 Å². The summed E-state index contributed by atoms with van der Waals surface area (Å²) in [7, 11) is 0. The van der Waals surface area contributed by atoms with Crippen LogP contribution in [0.25, 0.3) is 85.9 Å². The van der Waals surface area contributed by atoms with Gasteiger partial charge in [-0.15, -0.1) is 11.3 Å². The summed E-state index contributed by atoms with van der Waals surface area (Å²) in [5.41, 5.74) is 16.0. The van der Waals surface area contributed by atoms with E-state index in [1.54, 1.807) is 0 Å². The van der Waals surface area contributed by atoms with Crippen molar-refractivity contribution in [2.75, 3.05) is 4.90 Å². The summed E-state index contributed by atoms with van der Waals surface area (Å²) >= 11 is 1.89. The minimum absolute atomic E-state index is 0.457. The van der Waals surface area contributed by atoms with Crippen LogP contribution in [-0.2, 0) is 5.41 Å². The summed E-state index contributed by atoms with van der Waals surface area (Å²) in [6.07, 6.45) is 0. The zero-order chi connectivity index (χ0) is 41.2. The lowest BCUT2D eigenvalue weighted by Gasteiger charge is -2.32. The first-order valence-corrected chi connectivity index (χ1v) is 22.7. The van der Waals surface area contributed by atoms with Gasteiger partial charge in [-0.25, -0.2) is 0 Å². The first-order chi connectivity index (χ1) is 31.3. The van der Waals surface area contributed by atoms with Crippen LogP contribution in [0.2, 0.25) is 0 Å². The SMILES string of the molecule is c1ccc(N(c2ccc3c4ccccc4c4ccccc4c3c2)c2cccc3c2-c2ccccc2C32c3ccccc3-c3ccccc32)c(-c2cccc3c2sc2ccccc23)c1. The minimum atomic E-state index is -0.457. The van der Waals surface area contributed by atoms with Crippen molar-refractivity contribution in [1.82, 2.24) is 0 Å². The predicted octanol–water partition coefficient (Wildman–Crippen LogP) is 17.0. The van der Waals surface area contributed by atoms with Crippen LogP contribution in [0.5, 0.6) is 0 Å². The number of para-hydroxylation sites is 1. The summed E-state index contributed by atoms with van der Waals surface area (Å²) in [6.45, 7) is 0. The topological polar surface area (TPSA) is 3.24 Å². The molecule has 0 fully saturated rings. The molecule has 0 aliphatic heterocycles. The molecule has 1 nitrogen and oxygen atoms in total. The molecule has 0 saturated heterocycles. The highest BCUT2D eigenvalue weighted by Gasteiger charge is 2.52. The van der Waals surface area contributed by atoms with Crippen LogP contribution in [0, 0.1) is 0 Å². The van der Waals surface area contributed by atoms with Gasteiger partial charge in [0.15, 0.2) is 0 Å². The first-order valence-electron chi connectivity index (χ1n) is 21.8. The summed E-state index contributed by atoms with van der Waals surface area (Å²) in [5, 5.41) is 10.2. The van der Waals surface area contributed by atoms with Gasteiger partial charge >= 0.3 is 0 Å². The van der Waals surface area contributed by atoms with Crippen molar-refractivity contribution in [2.24, 2.45) is 0 Å². The van der Waals surface area contributed by atoms with Crippen molar-refractivity contribution < 1.29 is 0 Å². The monoisotopic (exact) mass is 815 g/mol. The third kappa shape index (κ3) is 4.66. The largest absolute Gasteiger partial charge is 0.309 e. The Bertz CT molecular complexity index is 3810. The van der Waals surface area contributed by atoms with E-state index in [4.69, 9.17) is 0 Å². The fourth-order valence-corrected chi connectivity index (χ4v) is 12.8. The fraction of sp³-hybridized carbons (Fsp3) is 0.0164. The van der Waals surface area contributed by atoms with E-state index in [-0.39, 0.29) is 0 Å². The van der Waals surface area contributed by atoms with Crippen molar-refractivity contribution in [2.45, 2.75) is 5.41 Å². The maximum absolute atomic E-state index is 2.58. The number of hydrogen-bond donors (Lipinski definition) is 0. The molecule has 0 amide bonds. The molecule has 63 heavy (non-hydrogen) atoms. The number of thiophene rings is 1. The summed E-state index contributed by atoms with van der Waals surface area (Å²) < 4.78 is 2.62. The third-order valence-corrected chi connectivity index (χ3v) is 15.3. The van der Waals surface area contributed by atoms with Gasteiger partial charge in [0.2, 0.25) is 0 Å². The molecule has 0 atom stereocenters.